The summed E-state index contributed by atoms with van der Waals surface area (Å²) < 4.78 is 0. The molecule has 1 aromatic carbocycles. The van der Waals surface area contributed by atoms with Crippen LogP contribution in [0.25, 0.3) is 0 Å². The van der Waals surface area contributed by atoms with Gasteiger partial charge in [0, 0.05) is 18.5 Å². The molecule has 1 saturated heterocycles. The van der Waals surface area contributed by atoms with Crippen molar-refractivity contribution in [1.29, 1.82) is 0 Å². The highest BCUT2D eigenvalue weighted by Gasteiger charge is 2.36. The number of carbonyl (C=O) groups is 1. The molecule has 1 aliphatic rings. The molecule has 3 nitrogen and oxygen atoms in total. The summed E-state index contributed by atoms with van der Waals surface area (Å²) in [7, 11) is 0. The first-order valence-corrected chi connectivity index (χ1v) is 9.79. The van der Waals surface area contributed by atoms with Crippen molar-refractivity contribution in [2.24, 2.45) is 0 Å². The van der Waals surface area contributed by atoms with Gasteiger partial charge in [-0.05, 0) is 38.2 Å². The van der Waals surface area contributed by atoms with E-state index in [-0.39, 0.29) is 5.91 Å². The van der Waals surface area contributed by atoms with E-state index < -0.39 is 0 Å². The van der Waals surface area contributed by atoms with Gasteiger partial charge >= 0.3 is 0 Å². The zero-order valence-electron chi connectivity index (χ0n) is 14.8. The minimum atomic E-state index is 0.182. The highest BCUT2D eigenvalue weighted by molar-refractivity contribution is 7.13. The van der Waals surface area contributed by atoms with E-state index in [1.165, 1.54) is 5.56 Å². The number of aryl methyl sites for hydroxylation is 2. The number of carbonyl (C=O) groups excluding carboxylic acids is 1. The van der Waals surface area contributed by atoms with E-state index in [9.17, 15) is 4.79 Å². The summed E-state index contributed by atoms with van der Waals surface area (Å²) in [5.41, 5.74) is 2.24. The van der Waals surface area contributed by atoms with Gasteiger partial charge in [0.1, 0.15) is 4.88 Å². The summed E-state index contributed by atoms with van der Waals surface area (Å²) in [6.45, 7) is 7.15. The Labute approximate surface area is 148 Å². The van der Waals surface area contributed by atoms with Gasteiger partial charge in [-0.2, -0.15) is 0 Å². The third-order valence-corrected chi connectivity index (χ3v) is 6.32. The van der Waals surface area contributed by atoms with Crippen molar-refractivity contribution in [3.63, 3.8) is 0 Å². The molecule has 1 aromatic heterocycles. The number of aromatic nitrogens is 1. The number of hydrogen-bond acceptors (Lipinski definition) is 3. The van der Waals surface area contributed by atoms with Gasteiger partial charge in [-0.1, -0.05) is 44.2 Å². The number of benzene rings is 1. The monoisotopic (exact) mass is 342 g/mol. The van der Waals surface area contributed by atoms with Crippen LogP contribution in [0.15, 0.2) is 30.3 Å². The maximum atomic E-state index is 13.2. The van der Waals surface area contributed by atoms with Crippen LogP contribution in [-0.2, 0) is 6.42 Å². The Bertz CT molecular complexity index is 695. The van der Waals surface area contributed by atoms with Crippen LogP contribution in [0.4, 0.5) is 0 Å². The topological polar surface area (TPSA) is 33.2 Å². The van der Waals surface area contributed by atoms with Gasteiger partial charge in [0.2, 0.25) is 0 Å². The average Bonchev–Trinajstić information content (AvgIpc) is 3.23. The molecule has 4 heteroatoms. The Morgan fingerprint density at radius 1 is 1.33 bits per heavy atom. The first-order chi connectivity index (χ1) is 11.7. The van der Waals surface area contributed by atoms with Crippen LogP contribution in [0, 0.1) is 6.92 Å². The van der Waals surface area contributed by atoms with E-state index >= 15 is 0 Å². The summed E-state index contributed by atoms with van der Waals surface area (Å²) in [5.74, 6) is 0.595. The molecule has 2 atom stereocenters. The second-order valence-corrected chi connectivity index (χ2v) is 7.59. The van der Waals surface area contributed by atoms with Crippen molar-refractivity contribution in [1.82, 2.24) is 9.88 Å². The summed E-state index contributed by atoms with van der Waals surface area (Å²) in [6.07, 6.45) is 4.14. The Morgan fingerprint density at radius 3 is 2.71 bits per heavy atom. The molecule has 1 fully saturated rings. The first-order valence-electron chi connectivity index (χ1n) is 8.97. The summed E-state index contributed by atoms with van der Waals surface area (Å²) in [4.78, 5) is 20.6. The lowest BCUT2D eigenvalue weighted by Crippen LogP contribution is -2.39. The smallest absolute Gasteiger partial charge is 0.266 e. The third kappa shape index (κ3) is 3.25. The maximum absolute atomic E-state index is 13.2. The van der Waals surface area contributed by atoms with Crippen LogP contribution in [0.2, 0.25) is 0 Å². The predicted octanol–water partition coefficient (Wildman–Crippen LogP) is 4.81. The zero-order valence-corrected chi connectivity index (χ0v) is 15.6. The standard InChI is InChI=1S/C20H26N2OS/c1-4-16(15-10-7-6-8-11-15)17-12-9-13-22(17)20(23)19-14(3)21-18(5-2)24-19/h6-8,10-11,16-17H,4-5,9,12-13H2,1-3H3/t16-,17+/m1/s1. The molecule has 1 aliphatic heterocycles. The molecule has 24 heavy (non-hydrogen) atoms. The van der Waals surface area contributed by atoms with Gasteiger partial charge in [-0.15, -0.1) is 11.3 Å². The summed E-state index contributed by atoms with van der Waals surface area (Å²) >= 11 is 1.57. The normalized spacial score (nSPS) is 18.8. The fraction of sp³-hybridized carbons (Fsp3) is 0.500. The van der Waals surface area contributed by atoms with Crippen LogP contribution < -0.4 is 0 Å². The van der Waals surface area contributed by atoms with Gasteiger partial charge in [0.25, 0.3) is 5.91 Å². The van der Waals surface area contributed by atoms with E-state index in [1.54, 1.807) is 11.3 Å². The van der Waals surface area contributed by atoms with Crippen molar-refractivity contribution in [3.8, 4) is 0 Å². The first kappa shape index (κ1) is 17.2. The molecule has 0 bridgehead atoms. The fourth-order valence-corrected chi connectivity index (χ4v) is 4.79. The predicted molar refractivity (Wildman–Crippen MR) is 99.8 cm³/mol. The van der Waals surface area contributed by atoms with Crippen molar-refractivity contribution in [3.05, 3.63) is 51.5 Å². The number of hydrogen-bond donors (Lipinski definition) is 0. The molecular weight excluding hydrogens is 316 g/mol. The quantitative estimate of drug-likeness (QED) is 0.781. The molecule has 2 aromatic rings. The third-order valence-electron chi connectivity index (χ3n) is 5.03. The van der Waals surface area contributed by atoms with E-state index in [0.29, 0.717) is 12.0 Å². The Balaban J connectivity index is 1.86. The molecule has 3 rings (SSSR count). The zero-order chi connectivity index (χ0) is 17.1. The van der Waals surface area contributed by atoms with Gasteiger partial charge in [-0.25, -0.2) is 4.98 Å². The van der Waals surface area contributed by atoms with Crippen LogP contribution in [0.1, 0.15) is 65.0 Å². The minimum Gasteiger partial charge on any atom is -0.334 e. The summed E-state index contributed by atoms with van der Waals surface area (Å²) in [5, 5.41) is 1.06. The maximum Gasteiger partial charge on any atom is 0.266 e. The lowest BCUT2D eigenvalue weighted by molar-refractivity contribution is 0.0718. The van der Waals surface area contributed by atoms with Gasteiger partial charge in [-0.3, -0.25) is 4.79 Å². The van der Waals surface area contributed by atoms with E-state index in [1.807, 2.05) is 6.92 Å². The molecule has 0 aliphatic carbocycles. The number of thiazole rings is 1. The number of nitrogens with zero attached hydrogens (tertiary/aromatic N) is 2. The molecule has 2 heterocycles. The Morgan fingerprint density at radius 2 is 2.08 bits per heavy atom. The highest BCUT2D eigenvalue weighted by atomic mass is 32.1. The molecule has 0 saturated carbocycles. The number of rotatable bonds is 5. The molecule has 0 unspecified atom stereocenters. The van der Waals surface area contributed by atoms with Crippen LogP contribution in [0.3, 0.4) is 0 Å². The van der Waals surface area contributed by atoms with Crippen LogP contribution in [0.5, 0.6) is 0 Å². The van der Waals surface area contributed by atoms with Crippen molar-refractivity contribution in [2.45, 2.75) is 58.4 Å². The largest absolute Gasteiger partial charge is 0.334 e. The summed E-state index contributed by atoms with van der Waals surface area (Å²) in [6, 6.07) is 10.9. The molecule has 0 N–H and O–H groups in total. The molecule has 1 amide bonds. The van der Waals surface area contributed by atoms with Crippen LogP contribution in [-0.4, -0.2) is 28.4 Å². The number of likely N-dealkylation sites (tertiary alicyclic amines) is 1. The van der Waals surface area contributed by atoms with Crippen LogP contribution >= 0.6 is 11.3 Å². The van der Waals surface area contributed by atoms with Gasteiger partial charge in [0.05, 0.1) is 10.7 Å². The SMILES string of the molecule is CCc1nc(C)c(C(=O)N2CCC[C@H]2[C@H](CC)c2ccccc2)s1. The van der Waals surface area contributed by atoms with E-state index in [4.69, 9.17) is 0 Å². The average molecular weight is 343 g/mol. The fourth-order valence-electron chi connectivity index (χ4n) is 3.83. The van der Waals surface area contributed by atoms with Gasteiger partial charge < -0.3 is 4.90 Å². The van der Waals surface area contributed by atoms with E-state index in [0.717, 1.165) is 47.8 Å². The highest BCUT2D eigenvalue weighted by Crippen LogP contribution is 2.35. The van der Waals surface area contributed by atoms with E-state index in [2.05, 4.69) is 54.1 Å². The van der Waals surface area contributed by atoms with Crippen molar-refractivity contribution in [2.75, 3.05) is 6.54 Å². The molecular formula is C20H26N2OS. The Hall–Kier alpha value is -1.68. The van der Waals surface area contributed by atoms with Crippen molar-refractivity contribution >= 4 is 17.2 Å². The van der Waals surface area contributed by atoms with Gasteiger partial charge in [0.15, 0.2) is 0 Å². The molecule has 0 spiro atoms. The molecule has 128 valence electrons. The van der Waals surface area contributed by atoms with Crippen molar-refractivity contribution < 1.29 is 4.79 Å². The second-order valence-electron chi connectivity index (χ2n) is 6.51. The Kier molecular flexibility index (Phi) is 5.34. The number of amides is 1. The second kappa shape index (κ2) is 7.47. The molecule has 0 radical (unpaired) electrons. The lowest BCUT2D eigenvalue weighted by atomic mass is 9.87. The lowest BCUT2D eigenvalue weighted by Gasteiger charge is -2.31. The minimum absolute atomic E-state index is 0.182.